The minimum atomic E-state index is -4.81. The van der Waals surface area contributed by atoms with E-state index in [4.69, 9.17) is 16.3 Å². The van der Waals surface area contributed by atoms with E-state index in [1.165, 1.54) is 24.2 Å². The van der Waals surface area contributed by atoms with Crippen LogP contribution in [0.3, 0.4) is 0 Å². The molecule has 0 fully saturated rings. The number of ether oxygens (including phenoxy) is 1. The van der Waals surface area contributed by atoms with Gasteiger partial charge in [0.1, 0.15) is 17.1 Å². The van der Waals surface area contributed by atoms with E-state index in [9.17, 15) is 18.0 Å². The SMILES string of the molecule is COc1cccc(-c2cc(C(F)(F)F)n3nc(C(=O)Nc4ncn(Cc5ccc(C)cc5)n4)c(Cl)c3n2)c1. The van der Waals surface area contributed by atoms with Gasteiger partial charge in [-0.2, -0.15) is 18.3 Å². The highest BCUT2D eigenvalue weighted by molar-refractivity contribution is 6.37. The molecule has 194 valence electrons. The summed E-state index contributed by atoms with van der Waals surface area (Å²) >= 11 is 6.34. The predicted molar refractivity (Wildman–Crippen MR) is 133 cm³/mol. The van der Waals surface area contributed by atoms with E-state index < -0.39 is 23.5 Å². The molecule has 2 aromatic carbocycles. The van der Waals surface area contributed by atoms with Gasteiger partial charge in [0, 0.05) is 5.56 Å². The Morgan fingerprint density at radius 3 is 2.58 bits per heavy atom. The molecule has 0 aliphatic heterocycles. The van der Waals surface area contributed by atoms with Crippen molar-refractivity contribution in [1.82, 2.24) is 29.4 Å². The number of aryl methyl sites for hydroxylation is 1. The molecule has 0 radical (unpaired) electrons. The molecule has 0 aliphatic carbocycles. The third kappa shape index (κ3) is 5.02. The molecule has 5 rings (SSSR count). The van der Waals surface area contributed by atoms with Gasteiger partial charge < -0.3 is 4.74 Å². The highest BCUT2D eigenvalue weighted by Crippen LogP contribution is 2.35. The number of carbonyl (C=O) groups is 1. The van der Waals surface area contributed by atoms with Crippen LogP contribution in [0.25, 0.3) is 16.9 Å². The summed E-state index contributed by atoms with van der Waals surface area (Å²) in [6.07, 6.45) is -3.39. The number of nitrogens with one attached hydrogen (secondary N) is 1. The van der Waals surface area contributed by atoms with Gasteiger partial charge in [-0.1, -0.05) is 53.6 Å². The maximum atomic E-state index is 14.0. The lowest BCUT2D eigenvalue weighted by Gasteiger charge is -2.11. The first kappa shape index (κ1) is 25.2. The Hall–Kier alpha value is -4.45. The summed E-state index contributed by atoms with van der Waals surface area (Å²) in [7, 11) is 1.44. The minimum absolute atomic E-state index is 0.0194. The first-order valence-electron chi connectivity index (χ1n) is 11.2. The van der Waals surface area contributed by atoms with Crippen LogP contribution in [0.5, 0.6) is 5.75 Å². The number of alkyl halides is 3. The number of halogens is 4. The zero-order chi connectivity index (χ0) is 27.0. The van der Waals surface area contributed by atoms with Crippen molar-refractivity contribution < 1.29 is 22.7 Å². The number of hydrogen-bond acceptors (Lipinski definition) is 6. The van der Waals surface area contributed by atoms with Crippen molar-refractivity contribution in [2.75, 3.05) is 12.4 Å². The minimum Gasteiger partial charge on any atom is -0.497 e. The van der Waals surface area contributed by atoms with E-state index in [2.05, 4.69) is 25.5 Å². The monoisotopic (exact) mass is 541 g/mol. The molecule has 0 saturated heterocycles. The zero-order valence-corrected chi connectivity index (χ0v) is 20.7. The molecule has 38 heavy (non-hydrogen) atoms. The molecule has 3 heterocycles. The quantitative estimate of drug-likeness (QED) is 0.314. The third-order valence-corrected chi connectivity index (χ3v) is 5.98. The summed E-state index contributed by atoms with van der Waals surface area (Å²) in [5, 5.41) is 10.1. The van der Waals surface area contributed by atoms with Crippen molar-refractivity contribution in [3.8, 4) is 17.0 Å². The number of methoxy groups -OCH3 is 1. The number of carbonyl (C=O) groups excluding carboxylic acids is 1. The summed E-state index contributed by atoms with van der Waals surface area (Å²) in [5.41, 5.74) is 0.493. The predicted octanol–water partition coefficient (Wildman–Crippen LogP) is 5.28. The van der Waals surface area contributed by atoms with Crippen LogP contribution >= 0.6 is 11.6 Å². The fourth-order valence-corrected chi connectivity index (χ4v) is 3.98. The van der Waals surface area contributed by atoms with Crippen LogP contribution in [0.4, 0.5) is 19.1 Å². The van der Waals surface area contributed by atoms with E-state index in [0.29, 0.717) is 22.4 Å². The number of fused-ring (bicyclic) bond motifs is 1. The van der Waals surface area contributed by atoms with Crippen LogP contribution in [0, 0.1) is 6.92 Å². The van der Waals surface area contributed by atoms with E-state index in [1.54, 1.807) is 18.2 Å². The molecule has 0 atom stereocenters. The molecule has 0 unspecified atom stereocenters. The van der Waals surface area contributed by atoms with Crippen LogP contribution in [-0.2, 0) is 12.7 Å². The van der Waals surface area contributed by atoms with Crippen LogP contribution < -0.4 is 10.1 Å². The molecule has 1 N–H and O–H groups in total. The lowest BCUT2D eigenvalue weighted by atomic mass is 10.1. The second-order valence-electron chi connectivity index (χ2n) is 8.36. The molecule has 1 amide bonds. The van der Waals surface area contributed by atoms with Gasteiger partial charge in [0.05, 0.1) is 19.3 Å². The molecular formula is C25H19ClF3N7O2. The smallest absolute Gasteiger partial charge is 0.433 e. The number of amides is 1. The molecule has 3 aromatic heterocycles. The molecule has 0 saturated carbocycles. The van der Waals surface area contributed by atoms with Gasteiger partial charge in [-0.3, -0.25) is 10.1 Å². The Bertz CT molecular complexity index is 1650. The number of anilines is 1. The normalized spacial score (nSPS) is 11.6. The van der Waals surface area contributed by atoms with Crippen LogP contribution in [0.15, 0.2) is 60.9 Å². The molecule has 5 aromatic rings. The lowest BCUT2D eigenvalue weighted by molar-refractivity contribution is -0.142. The topological polar surface area (TPSA) is 99.2 Å². The highest BCUT2D eigenvalue weighted by atomic mass is 35.5. The van der Waals surface area contributed by atoms with Crippen LogP contribution in [0.2, 0.25) is 5.02 Å². The van der Waals surface area contributed by atoms with Crippen molar-refractivity contribution in [2.24, 2.45) is 0 Å². The van der Waals surface area contributed by atoms with E-state index >= 15 is 0 Å². The van der Waals surface area contributed by atoms with Gasteiger partial charge in [-0.05, 0) is 30.7 Å². The maximum Gasteiger partial charge on any atom is 0.433 e. The summed E-state index contributed by atoms with van der Waals surface area (Å²) in [4.78, 5) is 21.2. The number of aromatic nitrogens is 6. The number of benzene rings is 2. The molecular weight excluding hydrogens is 523 g/mol. The van der Waals surface area contributed by atoms with Gasteiger partial charge in [0.2, 0.25) is 5.95 Å². The van der Waals surface area contributed by atoms with Gasteiger partial charge in [-0.15, -0.1) is 5.10 Å². The Kier molecular flexibility index (Phi) is 6.49. The fraction of sp³-hybridized carbons (Fsp3) is 0.160. The van der Waals surface area contributed by atoms with Crippen LogP contribution in [-0.4, -0.2) is 42.4 Å². The average molecular weight is 542 g/mol. The Labute approximate surface area is 218 Å². The molecule has 0 aliphatic rings. The van der Waals surface area contributed by atoms with E-state index in [1.807, 2.05) is 31.2 Å². The van der Waals surface area contributed by atoms with Crippen molar-refractivity contribution in [3.05, 3.63) is 88.5 Å². The van der Waals surface area contributed by atoms with Crippen molar-refractivity contribution >= 4 is 29.1 Å². The number of hydrogen-bond donors (Lipinski definition) is 1. The second-order valence-corrected chi connectivity index (χ2v) is 8.74. The Balaban J connectivity index is 1.47. The molecule has 9 nitrogen and oxygen atoms in total. The highest BCUT2D eigenvalue weighted by Gasteiger charge is 2.37. The number of rotatable bonds is 6. The van der Waals surface area contributed by atoms with Crippen LogP contribution in [0.1, 0.15) is 27.3 Å². The fourth-order valence-electron chi connectivity index (χ4n) is 3.74. The zero-order valence-electron chi connectivity index (χ0n) is 20.0. The van der Waals surface area contributed by atoms with Crippen molar-refractivity contribution in [2.45, 2.75) is 19.6 Å². The first-order chi connectivity index (χ1) is 18.1. The second kappa shape index (κ2) is 9.78. The van der Waals surface area contributed by atoms with Crippen molar-refractivity contribution in [3.63, 3.8) is 0 Å². The standard InChI is InChI=1S/C25H19ClF3N7O2/c1-14-6-8-15(9-7-14)12-35-13-30-24(34-35)32-23(37)21-20(26)22-31-18(16-4-3-5-17(10-16)38-2)11-19(25(27,28)29)36(22)33-21/h3-11,13H,12H2,1-2H3,(H,32,34,37). The van der Waals surface area contributed by atoms with Crippen molar-refractivity contribution in [1.29, 1.82) is 0 Å². The number of nitrogens with zero attached hydrogens (tertiary/aromatic N) is 6. The van der Waals surface area contributed by atoms with Gasteiger partial charge >= 0.3 is 6.18 Å². The van der Waals surface area contributed by atoms with Gasteiger partial charge in [-0.25, -0.2) is 19.2 Å². The first-order valence-corrected chi connectivity index (χ1v) is 11.6. The summed E-state index contributed by atoms with van der Waals surface area (Å²) in [6.45, 7) is 2.38. The van der Waals surface area contributed by atoms with Gasteiger partial charge in [0.25, 0.3) is 5.91 Å². The van der Waals surface area contributed by atoms with E-state index in [-0.39, 0.29) is 22.3 Å². The lowest BCUT2D eigenvalue weighted by Crippen LogP contribution is -2.16. The molecule has 13 heteroatoms. The third-order valence-electron chi connectivity index (χ3n) is 5.63. The summed E-state index contributed by atoms with van der Waals surface area (Å²) in [5.74, 6) is -0.507. The summed E-state index contributed by atoms with van der Waals surface area (Å²) < 4.78 is 49.1. The Morgan fingerprint density at radius 2 is 1.87 bits per heavy atom. The molecule has 0 spiro atoms. The maximum absolute atomic E-state index is 14.0. The van der Waals surface area contributed by atoms with E-state index in [0.717, 1.165) is 17.2 Å². The average Bonchev–Trinajstić information content (AvgIpc) is 3.47. The van der Waals surface area contributed by atoms with Gasteiger partial charge in [0.15, 0.2) is 17.0 Å². The summed E-state index contributed by atoms with van der Waals surface area (Å²) in [6, 6.07) is 15.0. The largest absolute Gasteiger partial charge is 0.497 e. The Morgan fingerprint density at radius 1 is 1.11 bits per heavy atom. The molecule has 0 bridgehead atoms.